The zero-order valence-electron chi connectivity index (χ0n) is 9.79. The van der Waals surface area contributed by atoms with Gasteiger partial charge in [-0.2, -0.15) is 0 Å². The third-order valence-electron chi connectivity index (χ3n) is 1.90. The monoisotopic (exact) mass is 208 g/mol. The van der Waals surface area contributed by atoms with Gasteiger partial charge >= 0.3 is 5.97 Å². The van der Waals surface area contributed by atoms with Crippen LogP contribution in [0.5, 0.6) is 0 Å². The molecule has 0 spiro atoms. The minimum atomic E-state index is -0.790. The van der Waals surface area contributed by atoms with Gasteiger partial charge in [-0.3, -0.25) is 4.79 Å². The molecule has 0 saturated carbocycles. The third kappa shape index (κ3) is 10.6. The summed E-state index contributed by atoms with van der Waals surface area (Å²) in [6, 6.07) is 0. The van der Waals surface area contributed by atoms with Crippen molar-refractivity contribution in [1.29, 1.82) is 0 Å². The summed E-state index contributed by atoms with van der Waals surface area (Å²) < 4.78 is 0. The summed E-state index contributed by atoms with van der Waals surface area (Å²) in [5.74, 6) is -0.790. The van der Waals surface area contributed by atoms with Crippen molar-refractivity contribution in [3.05, 3.63) is 35.5 Å². The molecule has 0 unspecified atom stereocenters. The van der Waals surface area contributed by atoms with Gasteiger partial charge in [-0.1, -0.05) is 35.5 Å². The molecule has 0 aromatic carbocycles. The van der Waals surface area contributed by atoms with Crippen molar-refractivity contribution in [2.75, 3.05) is 0 Å². The minimum Gasteiger partial charge on any atom is -0.481 e. The first-order chi connectivity index (χ1) is 7.02. The highest BCUT2D eigenvalue weighted by Crippen LogP contribution is 2.06. The summed E-state index contributed by atoms with van der Waals surface area (Å²) in [4.78, 5) is 10.2. The van der Waals surface area contributed by atoms with Gasteiger partial charge in [0.1, 0.15) is 0 Å². The summed E-state index contributed by atoms with van der Waals surface area (Å²) in [7, 11) is 0. The van der Waals surface area contributed by atoms with Gasteiger partial charge in [0.15, 0.2) is 0 Å². The molecule has 0 atom stereocenters. The molecule has 2 heteroatoms. The van der Waals surface area contributed by atoms with E-state index in [1.54, 1.807) is 6.08 Å². The van der Waals surface area contributed by atoms with Crippen molar-refractivity contribution in [3.8, 4) is 0 Å². The van der Waals surface area contributed by atoms with E-state index >= 15 is 0 Å². The lowest BCUT2D eigenvalue weighted by Crippen LogP contribution is -1.89. The second-order valence-electron chi connectivity index (χ2n) is 3.86. The molecule has 0 aliphatic rings. The van der Waals surface area contributed by atoms with E-state index in [1.807, 2.05) is 12.2 Å². The summed E-state index contributed by atoms with van der Waals surface area (Å²) >= 11 is 0. The molecular weight excluding hydrogens is 188 g/mol. The second kappa shape index (κ2) is 8.04. The highest BCUT2D eigenvalue weighted by molar-refractivity contribution is 5.68. The zero-order chi connectivity index (χ0) is 11.7. The summed E-state index contributed by atoms with van der Waals surface area (Å²) in [5.41, 5.74) is 2.61. The maximum atomic E-state index is 10.2. The van der Waals surface area contributed by atoms with Gasteiger partial charge < -0.3 is 5.11 Å². The Morgan fingerprint density at radius 3 is 2.47 bits per heavy atom. The fourth-order valence-electron chi connectivity index (χ4n) is 1.07. The van der Waals surface area contributed by atoms with Crippen LogP contribution in [0, 0.1) is 0 Å². The van der Waals surface area contributed by atoms with E-state index in [4.69, 9.17) is 5.11 Å². The molecular formula is C13H20O2. The van der Waals surface area contributed by atoms with Crippen molar-refractivity contribution in [3.63, 3.8) is 0 Å². The molecule has 0 fully saturated rings. The number of carboxylic acids is 1. The molecule has 0 aromatic rings. The predicted octanol–water partition coefficient (Wildman–Crippen LogP) is 3.71. The van der Waals surface area contributed by atoms with Crippen LogP contribution in [-0.2, 0) is 4.79 Å². The second-order valence-corrected chi connectivity index (χ2v) is 3.86. The highest BCUT2D eigenvalue weighted by atomic mass is 16.4. The molecule has 1 N–H and O–H groups in total. The fourth-order valence-corrected chi connectivity index (χ4v) is 1.07. The number of carbonyl (C=O) groups is 1. The number of aliphatic carboxylic acids is 1. The molecule has 0 aliphatic heterocycles. The Balaban J connectivity index is 3.84. The quantitative estimate of drug-likeness (QED) is 0.533. The van der Waals surface area contributed by atoms with Crippen molar-refractivity contribution >= 4 is 5.97 Å². The Labute approximate surface area is 92.0 Å². The smallest absolute Gasteiger partial charge is 0.307 e. The SMILES string of the molecule is CC(C)=CCC/C(C)=C\C=C\CC(=O)O. The van der Waals surface area contributed by atoms with Gasteiger partial charge in [0.25, 0.3) is 0 Å². The van der Waals surface area contributed by atoms with Crippen molar-refractivity contribution in [2.24, 2.45) is 0 Å². The maximum Gasteiger partial charge on any atom is 0.307 e. The Kier molecular flexibility index (Phi) is 7.33. The molecule has 0 bridgehead atoms. The van der Waals surface area contributed by atoms with Crippen molar-refractivity contribution in [1.82, 2.24) is 0 Å². The first kappa shape index (κ1) is 13.7. The van der Waals surface area contributed by atoms with Crippen molar-refractivity contribution < 1.29 is 9.90 Å². The normalized spacial score (nSPS) is 11.8. The molecule has 15 heavy (non-hydrogen) atoms. The molecule has 84 valence electrons. The van der Waals surface area contributed by atoms with E-state index in [-0.39, 0.29) is 6.42 Å². The van der Waals surface area contributed by atoms with E-state index < -0.39 is 5.97 Å². The van der Waals surface area contributed by atoms with Crippen LogP contribution in [0.2, 0.25) is 0 Å². The van der Waals surface area contributed by atoms with Crippen LogP contribution in [-0.4, -0.2) is 11.1 Å². The van der Waals surface area contributed by atoms with Gasteiger partial charge in [0.2, 0.25) is 0 Å². The van der Waals surface area contributed by atoms with Gasteiger partial charge in [0.05, 0.1) is 6.42 Å². The van der Waals surface area contributed by atoms with Crippen LogP contribution in [0.3, 0.4) is 0 Å². The molecule has 0 aromatic heterocycles. The van der Waals surface area contributed by atoms with Gasteiger partial charge in [-0.15, -0.1) is 0 Å². The number of hydrogen-bond acceptors (Lipinski definition) is 1. The number of rotatable bonds is 6. The van der Waals surface area contributed by atoms with Gasteiger partial charge in [-0.05, 0) is 33.6 Å². The molecule has 2 nitrogen and oxygen atoms in total. The molecule has 0 amide bonds. The Morgan fingerprint density at radius 1 is 1.27 bits per heavy atom. The van der Waals surface area contributed by atoms with Crippen LogP contribution >= 0.6 is 0 Å². The van der Waals surface area contributed by atoms with Gasteiger partial charge in [-0.25, -0.2) is 0 Å². The highest BCUT2D eigenvalue weighted by Gasteiger charge is 1.89. The minimum absolute atomic E-state index is 0.0950. The van der Waals surface area contributed by atoms with E-state index in [9.17, 15) is 4.79 Å². The zero-order valence-corrected chi connectivity index (χ0v) is 9.79. The first-order valence-electron chi connectivity index (χ1n) is 5.20. The molecule has 0 radical (unpaired) electrons. The van der Waals surface area contributed by atoms with E-state index in [0.29, 0.717) is 0 Å². The topological polar surface area (TPSA) is 37.3 Å². The average Bonchev–Trinajstić information content (AvgIpc) is 2.11. The molecule has 0 aliphatic carbocycles. The lowest BCUT2D eigenvalue weighted by Gasteiger charge is -1.96. The lowest BCUT2D eigenvalue weighted by atomic mass is 10.1. The van der Waals surface area contributed by atoms with Crippen LogP contribution in [0.1, 0.15) is 40.0 Å². The maximum absolute atomic E-state index is 10.2. The molecule has 0 saturated heterocycles. The molecule has 0 heterocycles. The fraction of sp³-hybridized carbons (Fsp3) is 0.462. The summed E-state index contributed by atoms with van der Waals surface area (Å²) in [6.45, 7) is 6.24. The van der Waals surface area contributed by atoms with E-state index in [0.717, 1.165) is 12.8 Å². The average molecular weight is 208 g/mol. The number of hydrogen-bond donors (Lipinski definition) is 1. The number of carboxylic acid groups (broad SMARTS) is 1. The molecule has 0 rings (SSSR count). The largest absolute Gasteiger partial charge is 0.481 e. The van der Waals surface area contributed by atoms with Crippen LogP contribution < -0.4 is 0 Å². The Bertz CT molecular complexity index is 279. The number of allylic oxidation sites excluding steroid dienone is 5. The van der Waals surface area contributed by atoms with Gasteiger partial charge in [0, 0.05) is 0 Å². The van der Waals surface area contributed by atoms with Crippen LogP contribution in [0.25, 0.3) is 0 Å². The predicted molar refractivity (Wildman–Crippen MR) is 63.8 cm³/mol. The first-order valence-corrected chi connectivity index (χ1v) is 5.20. The Morgan fingerprint density at radius 2 is 1.93 bits per heavy atom. The van der Waals surface area contributed by atoms with E-state index in [2.05, 4.69) is 26.8 Å². The van der Waals surface area contributed by atoms with Crippen molar-refractivity contribution in [2.45, 2.75) is 40.0 Å². The summed E-state index contributed by atoms with van der Waals surface area (Å²) in [5, 5.41) is 8.40. The lowest BCUT2D eigenvalue weighted by molar-refractivity contribution is -0.135. The van der Waals surface area contributed by atoms with Crippen LogP contribution in [0.15, 0.2) is 35.5 Å². The van der Waals surface area contributed by atoms with Crippen LogP contribution in [0.4, 0.5) is 0 Å². The standard InChI is InChI=1S/C13H20O2/c1-11(2)7-6-9-12(3)8-4-5-10-13(14)15/h4-5,7-8H,6,9-10H2,1-3H3,(H,14,15)/b5-4+,12-8-. The Hall–Kier alpha value is -1.31. The third-order valence-corrected chi connectivity index (χ3v) is 1.90. The summed E-state index contributed by atoms with van der Waals surface area (Å²) in [6.07, 6.45) is 9.83. The van der Waals surface area contributed by atoms with E-state index in [1.165, 1.54) is 11.1 Å².